The van der Waals surface area contributed by atoms with Crippen molar-refractivity contribution in [3.05, 3.63) is 41.1 Å². The summed E-state index contributed by atoms with van der Waals surface area (Å²) < 4.78 is 19.4. The lowest BCUT2D eigenvalue weighted by Crippen LogP contribution is -2.14. The Labute approximate surface area is 116 Å². The fourth-order valence-electron chi connectivity index (χ4n) is 1.79. The largest absolute Gasteiger partial charge is 0.441 e. The molecule has 0 aliphatic carbocycles. The van der Waals surface area contributed by atoms with E-state index in [2.05, 4.69) is 17.2 Å². The first-order chi connectivity index (χ1) is 9.22. The minimum Gasteiger partial charge on any atom is -0.441 e. The third-order valence-electron chi connectivity index (χ3n) is 2.76. The molecule has 0 saturated carbocycles. The van der Waals surface area contributed by atoms with Crippen LogP contribution in [0.2, 0.25) is 5.02 Å². The zero-order valence-electron chi connectivity index (χ0n) is 10.7. The molecule has 5 heteroatoms. The Morgan fingerprint density at radius 1 is 1.42 bits per heavy atom. The molecular weight excluding hydrogens is 267 g/mol. The highest BCUT2D eigenvalue weighted by Crippen LogP contribution is 2.28. The molecule has 2 rings (SSSR count). The number of rotatable bonds is 6. The van der Waals surface area contributed by atoms with Crippen LogP contribution >= 0.6 is 11.6 Å². The van der Waals surface area contributed by atoms with Gasteiger partial charge in [-0.2, -0.15) is 0 Å². The predicted octanol–water partition coefficient (Wildman–Crippen LogP) is 3.68. The van der Waals surface area contributed by atoms with Crippen LogP contribution in [-0.2, 0) is 6.42 Å². The SMILES string of the molecule is CCNCCCc1ncc(-c2cccc(Cl)c2F)o1. The van der Waals surface area contributed by atoms with Gasteiger partial charge in [0.2, 0.25) is 0 Å². The van der Waals surface area contributed by atoms with Gasteiger partial charge in [0.1, 0.15) is 0 Å². The van der Waals surface area contributed by atoms with Crippen molar-refractivity contribution in [2.75, 3.05) is 13.1 Å². The second kappa shape index (κ2) is 6.68. The first kappa shape index (κ1) is 14.0. The highest BCUT2D eigenvalue weighted by Gasteiger charge is 2.12. The van der Waals surface area contributed by atoms with Crippen molar-refractivity contribution >= 4 is 11.6 Å². The molecule has 0 aliphatic heterocycles. The Balaban J connectivity index is 2.06. The Bertz CT molecular complexity index is 542. The summed E-state index contributed by atoms with van der Waals surface area (Å²) in [4.78, 5) is 4.16. The second-order valence-electron chi connectivity index (χ2n) is 4.18. The number of hydrogen-bond acceptors (Lipinski definition) is 3. The minimum absolute atomic E-state index is 0.0857. The van der Waals surface area contributed by atoms with Crippen LogP contribution < -0.4 is 5.32 Å². The van der Waals surface area contributed by atoms with Crippen LogP contribution in [0.1, 0.15) is 19.2 Å². The molecule has 1 aromatic carbocycles. The summed E-state index contributed by atoms with van der Waals surface area (Å²) in [7, 11) is 0. The van der Waals surface area contributed by atoms with Gasteiger partial charge >= 0.3 is 0 Å². The summed E-state index contributed by atoms with van der Waals surface area (Å²) in [5.74, 6) is 0.560. The first-order valence-electron chi connectivity index (χ1n) is 6.32. The monoisotopic (exact) mass is 282 g/mol. The average Bonchev–Trinajstić information content (AvgIpc) is 2.87. The lowest BCUT2D eigenvalue weighted by molar-refractivity contribution is 0.490. The summed E-state index contributed by atoms with van der Waals surface area (Å²) in [6.07, 6.45) is 3.21. The molecule has 0 bridgehead atoms. The Hall–Kier alpha value is -1.39. The predicted molar refractivity (Wildman–Crippen MR) is 73.8 cm³/mol. The number of halogens is 2. The van der Waals surface area contributed by atoms with Gasteiger partial charge in [-0.15, -0.1) is 0 Å². The van der Waals surface area contributed by atoms with Gasteiger partial charge in [0, 0.05) is 6.42 Å². The van der Waals surface area contributed by atoms with E-state index in [1.807, 2.05) is 0 Å². The molecule has 0 aliphatic rings. The minimum atomic E-state index is -0.473. The van der Waals surface area contributed by atoms with E-state index in [1.165, 1.54) is 12.3 Å². The molecule has 1 heterocycles. The van der Waals surface area contributed by atoms with E-state index in [0.29, 0.717) is 17.2 Å². The number of oxazole rings is 1. The van der Waals surface area contributed by atoms with Crippen LogP contribution in [0, 0.1) is 5.82 Å². The summed E-state index contributed by atoms with van der Waals surface area (Å²) in [5.41, 5.74) is 0.345. The van der Waals surface area contributed by atoms with Crippen LogP contribution in [0.5, 0.6) is 0 Å². The van der Waals surface area contributed by atoms with Crippen LogP contribution in [-0.4, -0.2) is 18.1 Å². The third-order valence-corrected chi connectivity index (χ3v) is 3.06. The topological polar surface area (TPSA) is 38.1 Å². The maximum absolute atomic E-state index is 13.8. The number of benzene rings is 1. The van der Waals surface area contributed by atoms with Crippen molar-refractivity contribution < 1.29 is 8.81 Å². The van der Waals surface area contributed by atoms with E-state index in [-0.39, 0.29) is 5.02 Å². The van der Waals surface area contributed by atoms with Crippen LogP contribution in [0.4, 0.5) is 4.39 Å². The van der Waals surface area contributed by atoms with Crippen LogP contribution in [0.25, 0.3) is 11.3 Å². The Morgan fingerprint density at radius 2 is 2.26 bits per heavy atom. The number of nitrogens with zero attached hydrogens (tertiary/aromatic N) is 1. The number of aryl methyl sites for hydroxylation is 1. The highest BCUT2D eigenvalue weighted by atomic mass is 35.5. The molecule has 0 spiro atoms. The summed E-state index contributed by atoms with van der Waals surface area (Å²) in [6, 6.07) is 4.83. The maximum Gasteiger partial charge on any atom is 0.194 e. The summed E-state index contributed by atoms with van der Waals surface area (Å²) in [5, 5.41) is 3.31. The van der Waals surface area contributed by atoms with Crippen molar-refractivity contribution in [2.45, 2.75) is 19.8 Å². The lowest BCUT2D eigenvalue weighted by atomic mass is 10.2. The third kappa shape index (κ3) is 3.55. The normalized spacial score (nSPS) is 10.9. The van der Waals surface area contributed by atoms with Gasteiger partial charge in [-0.05, 0) is 31.6 Å². The molecular formula is C14H16ClFN2O. The average molecular weight is 283 g/mol. The number of nitrogens with one attached hydrogen (secondary N) is 1. The van der Waals surface area contributed by atoms with Crippen molar-refractivity contribution in [3.8, 4) is 11.3 Å². The van der Waals surface area contributed by atoms with E-state index in [9.17, 15) is 4.39 Å². The molecule has 0 atom stereocenters. The second-order valence-corrected chi connectivity index (χ2v) is 4.58. The lowest BCUT2D eigenvalue weighted by Gasteiger charge is -2.00. The summed E-state index contributed by atoms with van der Waals surface area (Å²) >= 11 is 5.74. The van der Waals surface area contributed by atoms with Crippen molar-refractivity contribution in [2.24, 2.45) is 0 Å². The van der Waals surface area contributed by atoms with E-state index in [1.54, 1.807) is 12.1 Å². The van der Waals surface area contributed by atoms with Crippen LogP contribution in [0.3, 0.4) is 0 Å². The van der Waals surface area contributed by atoms with E-state index < -0.39 is 5.82 Å². The van der Waals surface area contributed by atoms with Gasteiger partial charge in [-0.1, -0.05) is 24.6 Å². The van der Waals surface area contributed by atoms with E-state index in [4.69, 9.17) is 16.0 Å². The molecule has 1 aromatic heterocycles. The van der Waals surface area contributed by atoms with Crippen molar-refractivity contribution in [1.29, 1.82) is 0 Å². The van der Waals surface area contributed by atoms with Gasteiger partial charge in [0.15, 0.2) is 17.5 Å². The molecule has 0 radical (unpaired) electrons. The van der Waals surface area contributed by atoms with Crippen molar-refractivity contribution in [1.82, 2.24) is 10.3 Å². The summed E-state index contributed by atoms with van der Waals surface area (Å²) in [6.45, 7) is 3.93. The van der Waals surface area contributed by atoms with Gasteiger partial charge in [-0.25, -0.2) is 9.37 Å². The fourth-order valence-corrected chi connectivity index (χ4v) is 1.96. The van der Waals surface area contributed by atoms with Gasteiger partial charge in [-0.3, -0.25) is 0 Å². The molecule has 102 valence electrons. The molecule has 2 aromatic rings. The van der Waals surface area contributed by atoms with Crippen LogP contribution in [0.15, 0.2) is 28.8 Å². The quantitative estimate of drug-likeness (QED) is 0.822. The van der Waals surface area contributed by atoms with Gasteiger partial charge < -0.3 is 9.73 Å². The Kier molecular flexibility index (Phi) is 4.93. The molecule has 0 unspecified atom stereocenters. The molecule has 0 fully saturated rings. The molecule has 3 nitrogen and oxygen atoms in total. The maximum atomic E-state index is 13.8. The van der Waals surface area contributed by atoms with Crippen molar-refractivity contribution in [3.63, 3.8) is 0 Å². The first-order valence-corrected chi connectivity index (χ1v) is 6.70. The number of hydrogen-bond donors (Lipinski definition) is 1. The molecule has 19 heavy (non-hydrogen) atoms. The standard InChI is InChI=1S/C14H16ClFN2O/c1-2-17-8-4-7-13-18-9-12(19-13)10-5-3-6-11(15)14(10)16/h3,5-6,9,17H,2,4,7-8H2,1H3. The Morgan fingerprint density at radius 3 is 3.05 bits per heavy atom. The molecule has 0 amide bonds. The molecule has 1 N–H and O–H groups in total. The molecule has 0 saturated heterocycles. The van der Waals surface area contributed by atoms with E-state index in [0.717, 1.165) is 25.9 Å². The zero-order valence-corrected chi connectivity index (χ0v) is 11.5. The smallest absolute Gasteiger partial charge is 0.194 e. The highest BCUT2D eigenvalue weighted by molar-refractivity contribution is 6.31. The van der Waals surface area contributed by atoms with E-state index >= 15 is 0 Å². The van der Waals surface area contributed by atoms with Gasteiger partial charge in [0.05, 0.1) is 16.8 Å². The number of aromatic nitrogens is 1. The zero-order chi connectivity index (χ0) is 13.7. The fraction of sp³-hybridized carbons (Fsp3) is 0.357. The van der Waals surface area contributed by atoms with Gasteiger partial charge in [0.25, 0.3) is 0 Å².